The molecule has 1 aliphatic heterocycles. The smallest absolute Gasteiger partial charge is 0.415 e. The van der Waals surface area contributed by atoms with Gasteiger partial charge in [-0.05, 0) is 45.7 Å². The van der Waals surface area contributed by atoms with E-state index in [1.54, 1.807) is 23.1 Å². The maximum atomic E-state index is 12.4. The van der Waals surface area contributed by atoms with Gasteiger partial charge in [0.05, 0.1) is 12.2 Å². The van der Waals surface area contributed by atoms with Crippen LogP contribution in [0.4, 0.5) is 10.5 Å². The first-order valence-electron chi connectivity index (χ1n) is 6.77. The quantitative estimate of drug-likeness (QED) is 0.726. The van der Waals surface area contributed by atoms with E-state index in [1.165, 1.54) is 0 Å². The summed E-state index contributed by atoms with van der Waals surface area (Å²) < 4.78 is 11.5. The van der Waals surface area contributed by atoms with Crippen LogP contribution >= 0.6 is 11.6 Å². The molecule has 4 nitrogen and oxygen atoms in total. The Morgan fingerprint density at radius 2 is 2.10 bits per heavy atom. The monoisotopic (exact) mass is 295 g/mol. The topological polar surface area (TPSA) is 38.8 Å². The lowest BCUT2D eigenvalue weighted by Crippen LogP contribution is -2.47. The Hall–Kier alpha value is -1.42. The van der Waals surface area contributed by atoms with Crippen molar-refractivity contribution in [2.24, 2.45) is 0 Å². The molecule has 1 heterocycles. The van der Waals surface area contributed by atoms with Crippen molar-refractivity contribution in [2.45, 2.75) is 44.8 Å². The molecule has 0 N–H and O–H groups in total. The van der Waals surface area contributed by atoms with E-state index in [0.29, 0.717) is 17.3 Å². The van der Waals surface area contributed by atoms with Crippen molar-refractivity contribution < 1.29 is 14.3 Å². The lowest BCUT2D eigenvalue weighted by atomic mass is 10.1. The molecule has 108 valence electrons. The number of anilines is 1. The summed E-state index contributed by atoms with van der Waals surface area (Å²) in [5.74, 6) is 0.659. The maximum Gasteiger partial charge on any atom is 0.415 e. The number of fused-ring (bicyclic) bond motifs is 1. The molecule has 1 spiro atoms. The zero-order valence-electron chi connectivity index (χ0n) is 11.9. The second-order valence-electron chi connectivity index (χ2n) is 6.46. The van der Waals surface area contributed by atoms with Gasteiger partial charge >= 0.3 is 6.09 Å². The Labute approximate surface area is 123 Å². The van der Waals surface area contributed by atoms with Crippen molar-refractivity contribution >= 4 is 23.4 Å². The molecule has 1 saturated carbocycles. The van der Waals surface area contributed by atoms with Crippen molar-refractivity contribution in [1.82, 2.24) is 0 Å². The number of hydrogen-bond donors (Lipinski definition) is 0. The molecule has 1 fully saturated rings. The number of nitrogens with zero attached hydrogens (tertiary/aromatic N) is 1. The van der Waals surface area contributed by atoms with Crippen molar-refractivity contribution in [2.75, 3.05) is 11.4 Å². The van der Waals surface area contributed by atoms with Gasteiger partial charge in [0.2, 0.25) is 0 Å². The molecule has 0 atom stereocenters. The molecule has 0 aromatic heterocycles. The molecule has 1 aliphatic carbocycles. The van der Waals surface area contributed by atoms with Gasteiger partial charge in [0.15, 0.2) is 0 Å². The molecule has 0 bridgehead atoms. The van der Waals surface area contributed by atoms with E-state index >= 15 is 0 Å². The van der Waals surface area contributed by atoms with Crippen molar-refractivity contribution in [3.05, 3.63) is 23.2 Å². The minimum absolute atomic E-state index is 0.241. The van der Waals surface area contributed by atoms with Gasteiger partial charge in [-0.3, -0.25) is 4.90 Å². The van der Waals surface area contributed by atoms with Crippen LogP contribution in [0.15, 0.2) is 18.2 Å². The van der Waals surface area contributed by atoms with Gasteiger partial charge in [-0.15, -0.1) is 0 Å². The first-order valence-corrected chi connectivity index (χ1v) is 7.15. The average Bonchev–Trinajstić information content (AvgIpc) is 3.04. The molecule has 0 unspecified atom stereocenters. The van der Waals surface area contributed by atoms with Gasteiger partial charge in [-0.1, -0.05) is 11.6 Å². The first-order chi connectivity index (χ1) is 9.28. The molecule has 1 amide bonds. The van der Waals surface area contributed by atoms with E-state index < -0.39 is 5.60 Å². The van der Waals surface area contributed by atoms with Crippen LogP contribution < -0.4 is 9.64 Å². The normalized spacial score (nSPS) is 19.3. The number of carbonyl (C=O) groups is 1. The van der Waals surface area contributed by atoms with Gasteiger partial charge in [0, 0.05) is 11.1 Å². The molecule has 2 aliphatic rings. The molecule has 1 aromatic rings. The second kappa shape index (κ2) is 4.29. The summed E-state index contributed by atoms with van der Waals surface area (Å²) in [6.45, 7) is 6.12. The highest BCUT2D eigenvalue weighted by atomic mass is 35.5. The zero-order valence-corrected chi connectivity index (χ0v) is 12.7. The Balaban J connectivity index is 1.93. The summed E-state index contributed by atoms with van der Waals surface area (Å²) in [6.07, 6.45) is 1.58. The largest absolute Gasteiger partial charge is 0.483 e. The predicted octanol–water partition coefficient (Wildman–Crippen LogP) is 4.01. The number of carbonyl (C=O) groups excluding carboxylic acids is 1. The fourth-order valence-electron chi connectivity index (χ4n) is 2.31. The standard InChI is InChI=1S/C15H18ClNO3/c1-14(2,3)20-13(18)17-9-15(6-7-15)19-12-8-10(16)4-5-11(12)17/h4-5,8H,6-7,9H2,1-3H3. The van der Waals surface area contributed by atoms with Gasteiger partial charge < -0.3 is 9.47 Å². The zero-order chi connectivity index (χ0) is 14.5. The molecular formula is C15H18ClNO3. The number of rotatable bonds is 0. The Morgan fingerprint density at radius 3 is 2.70 bits per heavy atom. The SMILES string of the molecule is CC(C)(C)OC(=O)N1CC2(CC2)Oc2cc(Cl)ccc21. The maximum absolute atomic E-state index is 12.4. The van der Waals surface area contributed by atoms with Crippen molar-refractivity contribution in [3.63, 3.8) is 0 Å². The van der Waals surface area contributed by atoms with Crippen LogP contribution in [0.5, 0.6) is 5.75 Å². The van der Waals surface area contributed by atoms with Gasteiger partial charge in [-0.25, -0.2) is 4.79 Å². The molecule has 3 rings (SSSR count). The van der Waals surface area contributed by atoms with E-state index in [4.69, 9.17) is 21.1 Å². The van der Waals surface area contributed by atoms with E-state index in [2.05, 4.69) is 0 Å². The predicted molar refractivity (Wildman–Crippen MR) is 77.6 cm³/mol. The molecule has 5 heteroatoms. The summed E-state index contributed by atoms with van der Waals surface area (Å²) in [7, 11) is 0. The van der Waals surface area contributed by atoms with E-state index in [1.807, 2.05) is 20.8 Å². The minimum atomic E-state index is -0.515. The van der Waals surface area contributed by atoms with Crippen molar-refractivity contribution in [3.8, 4) is 5.75 Å². The average molecular weight is 296 g/mol. The second-order valence-corrected chi connectivity index (χ2v) is 6.90. The number of benzene rings is 1. The van der Waals surface area contributed by atoms with E-state index in [-0.39, 0.29) is 11.7 Å². The Kier molecular flexibility index (Phi) is 2.91. The van der Waals surface area contributed by atoms with Crippen LogP contribution in [-0.2, 0) is 4.74 Å². The molecular weight excluding hydrogens is 278 g/mol. The highest BCUT2D eigenvalue weighted by Gasteiger charge is 2.51. The van der Waals surface area contributed by atoms with Crippen LogP contribution in [0.1, 0.15) is 33.6 Å². The number of hydrogen-bond acceptors (Lipinski definition) is 3. The highest BCUT2D eigenvalue weighted by Crippen LogP contribution is 2.49. The minimum Gasteiger partial charge on any atom is -0.483 e. The summed E-state index contributed by atoms with van der Waals surface area (Å²) in [5.41, 5.74) is -0.0334. The molecule has 1 aromatic carbocycles. The molecule has 0 saturated heterocycles. The van der Waals surface area contributed by atoms with Gasteiger partial charge in [0.25, 0.3) is 0 Å². The molecule has 0 radical (unpaired) electrons. The third kappa shape index (κ3) is 2.57. The number of amides is 1. The van der Waals surface area contributed by atoms with Crippen LogP contribution in [0.3, 0.4) is 0 Å². The third-order valence-corrected chi connectivity index (χ3v) is 3.64. The molecule has 20 heavy (non-hydrogen) atoms. The Bertz CT molecular complexity index is 561. The third-order valence-electron chi connectivity index (χ3n) is 3.41. The van der Waals surface area contributed by atoms with Crippen LogP contribution in [0, 0.1) is 0 Å². The fourth-order valence-corrected chi connectivity index (χ4v) is 2.47. The highest BCUT2D eigenvalue weighted by molar-refractivity contribution is 6.30. The summed E-state index contributed by atoms with van der Waals surface area (Å²) in [6, 6.07) is 5.32. The van der Waals surface area contributed by atoms with Crippen molar-refractivity contribution in [1.29, 1.82) is 0 Å². The van der Waals surface area contributed by atoms with Crippen LogP contribution in [0.25, 0.3) is 0 Å². The lowest BCUT2D eigenvalue weighted by molar-refractivity contribution is 0.0537. The van der Waals surface area contributed by atoms with Crippen LogP contribution in [0.2, 0.25) is 5.02 Å². The van der Waals surface area contributed by atoms with Gasteiger partial charge in [-0.2, -0.15) is 0 Å². The Morgan fingerprint density at radius 1 is 1.40 bits per heavy atom. The summed E-state index contributed by atoms with van der Waals surface area (Å²) in [5, 5.41) is 0.602. The fraction of sp³-hybridized carbons (Fsp3) is 0.533. The number of ether oxygens (including phenoxy) is 2. The first kappa shape index (κ1) is 13.6. The number of halogens is 1. The lowest BCUT2D eigenvalue weighted by Gasteiger charge is -2.36. The summed E-state index contributed by atoms with van der Waals surface area (Å²) in [4.78, 5) is 14.1. The van der Waals surface area contributed by atoms with E-state index in [9.17, 15) is 4.79 Å². The van der Waals surface area contributed by atoms with Crippen LogP contribution in [-0.4, -0.2) is 23.8 Å². The summed E-state index contributed by atoms with van der Waals surface area (Å²) >= 11 is 6.01. The van der Waals surface area contributed by atoms with Gasteiger partial charge in [0.1, 0.15) is 17.0 Å². The van der Waals surface area contributed by atoms with E-state index in [0.717, 1.165) is 18.5 Å².